The first-order valence-corrected chi connectivity index (χ1v) is 9.30. The molecule has 0 atom stereocenters. The number of carbonyl (C=O) groups excluding carboxylic acids is 1. The Balaban J connectivity index is 2.32. The van der Waals surface area contributed by atoms with E-state index in [-0.39, 0.29) is 10.7 Å². The van der Waals surface area contributed by atoms with Gasteiger partial charge in [0, 0.05) is 5.02 Å². The Labute approximate surface area is 149 Å². The van der Waals surface area contributed by atoms with Gasteiger partial charge in [-0.25, -0.2) is 17.2 Å². The lowest BCUT2D eigenvalue weighted by Gasteiger charge is -2.24. The smallest absolute Gasteiger partial charge is 0.245 e. The summed E-state index contributed by atoms with van der Waals surface area (Å²) in [6.07, 6.45) is 0.921. The van der Waals surface area contributed by atoms with Crippen molar-refractivity contribution in [2.45, 2.75) is 6.92 Å². The van der Waals surface area contributed by atoms with Crippen molar-refractivity contribution in [2.24, 2.45) is 0 Å². The number of rotatable bonds is 5. The minimum Gasteiger partial charge on any atom is -0.320 e. The summed E-state index contributed by atoms with van der Waals surface area (Å²) in [6, 6.07) is 7.69. The standard InChI is InChI=1S/C16H15ClF2N2O3S/c1-10-6-7-11(17)8-14(10)21(25(2,23)24)9-15(22)20-16-12(18)4-3-5-13(16)19/h3-8H,9H2,1-2H3,(H,20,22). The second kappa shape index (κ2) is 7.37. The maximum atomic E-state index is 13.6. The van der Waals surface area contributed by atoms with Crippen molar-refractivity contribution in [2.75, 3.05) is 22.4 Å². The topological polar surface area (TPSA) is 66.5 Å². The molecule has 1 amide bonds. The molecular weight excluding hydrogens is 374 g/mol. The molecule has 2 aromatic carbocycles. The van der Waals surface area contributed by atoms with Gasteiger partial charge in [0.2, 0.25) is 15.9 Å². The number of nitrogens with one attached hydrogen (secondary N) is 1. The summed E-state index contributed by atoms with van der Waals surface area (Å²) in [7, 11) is -3.84. The number of hydrogen-bond acceptors (Lipinski definition) is 3. The fraction of sp³-hybridized carbons (Fsp3) is 0.188. The second-order valence-electron chi connectivity index (χ2n) is 5.35. The zero-order valence-electron chi connectivity index (χ0n) is 13.4. The van der Waals surface area contributed by atoms with Crippen molar-refractivity contribution in [3.8, 4) is 0 Å². The van der Waals surface area contributed by atoms with Gasteiger partial charge >= 0.3 is 0 Å². The van der Waals surface area contributed by atoms with Crippen LogP contribution in [0.25, 0.3) is 0 Å². The van der Waals surface area contributed by atoms with E-state index in [1.165, 1.54) is 6.07 Å². The molecule has 0 saturated heterocycles. The lowest BCUT2D eigenvalue weighted by molar-refractivity contribution is -0.114. The van der Waals surface area contributed by atoms with Gasteiger partial charge in [-0.2, -0.15) is 0 Å². The molecule has 5 nitrogen and oxygen atoms in total. The highest BCUT2D eigenvalue weighted by Gasteiger charge is 2.23. The minimum atomic E-state index is -3.84. The molecule has 0 spiro atoms. The second-order valence-corrected chi connectivity index (χ2v) is 7.69. The van der Waals surface area contributed by atoms with Crippen LogP contribution < -0.4 is 9.62 Å². The molecule has 0 aromatic heterocycles. The molecule has 0 aliphatic heterocycles. The maximum Gasteiger partial charge on any atom is 0.245 e. The van der Waals surface area contributed by atoms with Crippen LogP contribution in [0.1, 0.15) is 5.56 Å². The van der Waals surface area contributed by atoms with Crippen molar-refractivity contribution in [3.05, 3.63) is 58.6 Å². The van der Waals surface area contributed by atoms with Crippen LogP contribution in [0.15, 0.2) is 36.4 Å². The summed E-state index contributed by atoms with van der Waals surface area (Å²) in [4.78, 5) is 12.2. The van der Waals surface area contributed by atoms with Gasteiger partial charge in [-0.3, -0.25) is 9.10 Å². The molecule has 0 aliphatic carbocycles. The number of amides is 1. The number of hydrogen-bond donors (Lipinski definition) is 1. The van der Waals surface area contributed by atoms with Crippen LogP contribution in [0.4, 0.5) is 20.2 Å². The summed E-state index contributed by atoms with van der Waals surface area (Å²) < 4.78 is 52.2. The molecule has 134 valence electrons. The van der Waals surface area contributed by atoms with Crippen LogP contribution >= 0.6 is 11.6 Å². The van der Waals surface area contributed by atoms with Gasteiger partial charge in [-0.05, 0) is 36.8 Å². The van der Waals surface area contributed by atoms with E-state index in [1.807, 2.05) is 0 Å². The molecular formula is C16H15ClF2N2O3S. The van der Waals surface area contributed by atoms with Gasteiger partial charge in [-0.15, -0.1) is 0 Å². The number of halogens is 3. The Morgan fingerprint density at radius 2 is 1.80 bits per heavy atom. The van der Waals surface area contributed by atoms with E-state index < -0.39 is 39.8 Å². The molecule has 0 bridgehead atoms. The fourth-order valence-corrected chi connectivity index (χ4v) is 3.23. The number of nitrogens with zero attached hydrogens (tertiary/aromatic N) is 1. The van der Waals surface area contributed by atoms with Crippen molar-refractivity contribution in [3.63, 3.8) is 0 Å². The van der Waals surface area contributed by atoms with E-state index in [2.05, 4.69) is 5.32 Å². The Morgan fingerprint density at radius 1 is 1.20 bits per heavy atom. The highest BCUT2D eigenvalue weighted by Crippen LogP contribution is 2.26. The number of benzene rings is 2. The first-order valence-electron chi connectivity index (χ1n) is 7.07. The number of sulfonamides is 1. The average Bonchev–Trinajstić information content (AvgIpc) is 2.50. The Morgan fingerprint density at radius 3 is 2.36 bits per heavy atom. The van der Waals surface area contributed by atoms with Gasteiger partial charge in [0.15, 0.2) is 0 Å². The van der Waals surface area contributed by atoms with Gasteiger partial charge in [0.05, 0.1) is 11.9 Å². The van der Waals surface area contributed by atoms with Gasteiger partial charge < -0.3 is 5.32 Å². The molecule has 2 aromatic rings. The van der Waals surface area contributed by atoms with E-state index in [1.54, 1.807) is 19.1 Å². The molecule has 2 rings (SSSR count). The largest absolute Gasteiger partial charge is 0.320 e. The SMILES string of the molecule is Cc1ccc(Cl)cc1N(CC(=O)Nc1c(F)cccc1F)S(C)(=O)=O. The Bertz CT molecular complexity index is 899. The molecule has 1 N–H and O–H groups in total. The van der Waals surface area contributed by atoms with E-state index in [0.29, 0.717) is 5.56 Å². The number of para-hydroxylation sites is 1. The van der Waals surface area contributed by atoms with E-state index in [9.17, 15) is 22.0 Å². The number of anilines is 2. The first kappa shape index (κ1) is 19.1. The lowest BCUT2D eigenvalue weighted by atomic mass is 10.2. The fourth-order valence-electron chi connectivity index (χ4n) is 2.16. The number of aryl methyl sites for hydroxylation is 1. The van der Waals surface area contributed by atoms with Crippen LogP contribution in [0, 0.1) is 18.6 Å². The molecule has 0 fully saturated rings. The number of carbonyl (C=O) groups is 1. The molecule has 0 aliphatic rings. The molecule has 0 unspecified atom stereocenters. The lowest BCUT2D eigenvalue weighted by Crippen LogP contribution is -2.38. The van der Waals surface area contributed by atoms with Gasteiger partial charge in [0.1, 0.15) is 23.9 Å². The molecule has 0 radical (unpaired) electrons. The van der Waals surface area contributed by atoms with Crippen molar-refractivity contribution < 1.29 is 22.0 Å². The Hall–Kier alpha value is -2.19. The normalized spacial score (nSPS) is 11.2. The summed E-state index contributed by atoms with van der Waals surface area (Å²) in [5.74, 6) is -2.81. The zero-order valence-corrected chi connectivity index (χ0v) is 15.0. The van der Waals surface area contributed by atoms with E-state index in [0.717, 1.165) is 28.8 Å². The van der Waals surface area contributed by atoms with Gasteiger partial charge in [0.25, 0.3) is 0 Å². The molecule has 9 heteroatoms. The van der Waals surface area contributed by atoms with E-state index in [4.69, 9.17) is 11.6 Å². The predicted molar refractivity (Wildman–Crippen MR) is 93.4 cm³/mol. The van der Waals surface area contributed by atoms with Crippen molar-refractivity contribution >= 4 is 38.9 Å². The third kappa shape index (κ3) is 4.67. The average molecular weight is 389 g/mol. The zero-order chi connectivity index (χ0) is 18.8. The van der Waals surface area contributed by atoms with E-state index >= 15 is 0 Å². The van der Waals surface area contributed by atoms with Crippen molar-refractivity contribution in [1.82, 2.24) is 0 Å². The highest BCUT2D eigenvalue weighted by molar-refractivity contribution is 7.92. The van der Waals surface area contributed by atoms with Crippen LogP contribution in [0.5, 0.6) is 0 Å². The highest BCUT2D eigenvalue weighted by atomic mass is 35.5. The predicted octanol–water partition coefficient (Wildman–Crippen LogP) is 3.33. The minimum absolute atomic E-state index is 0.208. The summed E-state index contributed by atoms with van der Waals surface area (Å²) in [5.41, 5.74) is 0.141. The molecule has 0 saturated carbocycles. The van der Waals surface area contributed by atoms with Crippen molar-refractivity contribution in [1.29, 1.82) is 0 Å². The third-order valence-corrected chi connectivity index (χ3v) is 4.72. The van der Waals surface area contributed by atoms with Crippen LogP contribution in [-0.4, -0.2) is 27.1 Å². The van der Waals surface area contributed by atoms with Crippen LogP contribution in [0.3, 0.4) is 0 Å². The Kier molecular flexibility index (Phi) is 5.64. The first-order chi connectivity index (χ1) is 11.6. The summed E-state index contributed by atoms with van der Waals surface area (Å²) >= 11 is 5.90. The maximum absolute atomic E-state index is 13.6. The molecule has 0 heterocycles. The van der Waals surface area contributed by atoms with Gasteiger partial charge in [-0.1, -0.05) is 23.7 Å². The quantitative estimate of drug-likeness (QED) is 0.854. The van der Waals surface area contributed by atoms with Crippen LogP contribution in [-0.2, 0) is 14.8 Å². The molecule has 25 heavy (non-hydrogen) atoms. The third-order valence-electron chi connectivity index (χ3n) is 3.35. The summed E-state index contributed by atoms with van der Waals surface area (Å²) in [5, 5.41) is 2.34. The monoisotopic (exact) mass is 388 g/mol. The summed E-state index contributed by atoms with van der Waals surface area (Å²) in [6.45, 7) is 0.992. The van der Waals surface area contributed by atoms with Crippen LogP contribution in [0.2, 0.25) is 5.02 Å².